The van der Waals surface area contributed by atoms with Crippen LogP contribution in [-0.2, 0) is 34.9 Å². The molecule has 3 aliphatic carbocycles. The van der Waals surface area contributed by atoms with E-state index in [1.807, 2.05) is 19.1 Å². The monoisotopic (exact) mass is 888 g/mol. The molecule has 2 bridgehead atoms. The van der Waals surface area contributed by atoms with Gasteiger partial charge >= 0.3 is 7.12 Å². The first-order valence-corrected chi connectivity index (χ1v) is 23.6. The van der Waals surface area contributed by atoms with E-state index in [1.165, 1.54) is 12.5 Å². The Kier molecular flexibility index (Phi) is 18.0. The molecule has 4 fully saturated rings. The third kappa shape index (κ3) is 12.1. The highest BCUT2D eigenvalue weighted by atomic mass is 16.7. The summed E-state index contributed by atoms with van der Waals surface area (Å²) < 4.78 is 13.0. The van der Waals surface area contributed by atoms with Gasteiger partial charge in [0.2, 0.25) is 23.6 Å². The summed E-state index contributed by atoms with van der Waals surface area (Å²) >= 11 is 0. The molecule has 64 heavy (non-hydrogen) atoms. The molecule has 1 unspecified atom stereocenters. The van der Waals surface area contributed by atoms with Crippen LogP contribution in [0.5, 0.6) is 0 Å². The van der Waals surface area contributed by atoms with E-state index in [9.17, 15) is 29.1 Å². The average molecular weight is 888 g/mol. The number of benzene rings is 2. The SMILES string of the molecule is CCCCc1ccc(-c2ccc(C(=O)N[C@@H](CCCN)C(=O)N[C@H](C(=O)N[C@@H](CC)C(=O)N[C@@H](CCCCN)C(=O)N[C@@H](C)B3OC4C[C@@H]5C[C@@H](C5(C)C)[C@]4(C)O3)[C@@H](C)O)cc2)cc1. The molecule has 0 spiro atoms. The molecule has 1 saturated heterocycles. The fraction of sp³-hybridized carbons (Fsp3) is 0.646. The van der Waals surface area contributed by atoms with Gasteiger partial charge in [0.15, 0.2) is 0 Å². The van der Waals surface area contributed by atoms with Crippen LogP contribution in [0, 0.1) is 17.3 Å². The van der Waals surface area contributed by atoms with Crippen LogP contribution in [0.1, 0.15) is 129 Å². The first-order valence-electron chi connectivity index (χ1n) is 23.6. The van der Waals surface area contributed by atoms with Crippen molar-refractivity contribution < 1.29 is 38.4 Å². The maximum Gasteiger partial charge on any atom is 0.481 e. The molecule has 15 nitrogen and oxygen atoms in total. The number of carbonyl (C=O) groups is 5. The number of aliphatic hydroxyl groups excluding tert-OH is 1. The zero-order chi connectivity index (χ0) is 46.8. The van der Waals surface area contributed by atoms with Gasteiger partial charge in [0.25, 0.3) is 5.91 Å². The van der Waals surface area contributed by atoms with Crippen LogP contribution in [-0.4, -0.2) is 103 Å². The van der Waals surface area contributed by atoms with Crippen molar-refractivity contribution in [1.82, 2.24) is 26.6 Å². The van der Waals surface area contributed by atoms with E-state index in [0.29, 0.717) is 49.6 Å². The van der Waals surface area contributed by atoms with E-state index >= 15 is 0 Å². The number of unbranched alkanes of at least 4 members (excludes halogenated alkanes) is 2. The van der Waals surface area contributed by atoms with Gasteiger partial charge in [-0.2, -0.15) is 0 Å². The van der Waals surface area contributed by atoms with E-state index < -0.39 is 78.5 Å². The summed E-state index contributed by atoms with van der Waals surface area (Å²) in [5.74, 6) is -2.60. The van der Waals surface area contributed by atoms with Gasteiger partial charge in [0.1, 0.15) is 24.2 Å². The molecule has 1 aliphatic heterocycles. The van der Waals surface area contributed by atoms with Gasteiger partial charge in [-0.05, 0) is 144 Å². The van der Waals surface area contributed by atoms with Crippen molar-refractivity contribution in [1.29, 1.82) is 0 Å². The lowest BCUT2D eigenvalue weighted by molar-refractivity contribution is -0.199. The van der Waals surface area contributed by atoms with Crippen LogP contribution in [0.25, 0.3) is 11.1 Å². The molecule has 0 aromatic heterocycles. The topological polar surface area (TPSA) is 236 Å². The lowest BCUT2D eigenvalue weighted by atomic mass is 9.43. The maximum absolute atomic E-state index is 13.8. The van der Waals surface area contributed by atoms with E-state index in [4.69, 9.17) is 20.8 Å². The largest absolute Gasteiger partial charge is 0.481 e. The number of aryl methyl sites for hydroxylation is 1. The summed E-state index contributed by atoms with van der Waals surface area (Å²) in [6.07, 6.45) is 6.10. The van der Waals surface area contributed by atoms with Gasteiger partial charge < -0.3 is 52.5 Å². The van der Waals surface area contributed by atoms with Crippen LogP contribution in [0.2, 0.25) is 0 Å². The molecule has 5 amide bonds. The van der Waals surface area contributed by atoms with E-state index in [2.05, 4.69) is 78.5 Å². The second-order valence-corrected chi connectivity index (χ2v) is 19.0. The predicted octanol–water partition coefficient (Wildman–Crippen LogP) is 3.68. The maximum atomic E-state index is 13.8. The van der Waals surface area contributed by atoms with Crippen LogP contribution in [0.4, 0.5) is 0 Å². The lowest BCUT2D eigenvalue weighted by Crippen LogP contribution is -2.65. The predicted molar refractivity (Wildman–Crippen MR) is 248 cm³/mol. The highest BCUT2D eigenvalue weighted by Crippen LogP contribution is 2.65. The Bertz CT molecular complexity index is 1900. The third-order valence-electron chi connectivity index (χ3n) is 14.0. The first-order chi connectivity index (χ1) is 30.5. The van der Waals surface area contributed by atoms with Gasteiger partial charge in [-0.1, -0.05) is 70.5 Å². The molecule has 6 rings (SSSR count). The Labute approximate surface area is 380 Å². The summed E-state index contributed by atoms with van der Waals surface area (Å²) in [5.41, 5.74) is 14.8. The summed E-state index contributed by atoms with van der Waals surface area (Å²) in [6, 6.07) is 10.8. The van der Waals surface area contributed by atoms with Gasteiger partial charge in [-0.15, -0.1) is 0 Å². The molecule has 0 radical (unpaired) electrons. The van der Waals surface area contributed by atoms with Crippen molar-refractivity contribution >= 4 is 36.7 Å². The Hall–Kier alpha value is -4.35. The van der Waals surface area contributed by atoms with Crippen molar-refractivity contribution in [2.45, 2.75) is 167 Å². The number of aliphatic hydroxyl groups is 1. The fourth-order valence-electron chi connectivity index (χ4n) is 9.71. The standard InChI is InChI=1S/C48H74BN7O8/c1-8-10-14-31-17-19-32(20-18-31)33-21-23-34(24-22-33)42(58)54-38(16-13-26-51)45(61)56-41(29(3)57)46(62)53-36(9-2)43(59)55-37(15-11-12-25-50)44(60)52-30(4)49-63-40-28-35-27-39(47(35,5)6)48(40,7)64-49/h17-24,29-30,35-41,57H,8-16,25-28,50-51H2,1-7H3,(H,52,60)(H,53,62)(H,54,58)(H,55,59)(H,56,61)/t29-,30+,35+,36+,37+,38+,39+,40?,41+,48+/m1/s1. The second kappa shape index (κ2) is 22.7. The molecule has 2 aromatic rings. The number of hydrogen-bond donors (Lipinski definition) is 8. The van der Waals surface area contributed by atoms with Crippen molar-refractivity contribution in [2.75, 3.05) is 13.1 Å². The van der Waals surface area contributed by atoms with Gasteiger partial charge in [-0.25, -0.2) is 0 Å². The van der Waals surface area contributed by atoms with Crippen molar-refractivity contribution in [3.05, 3.63) is 59.7 Å². The first kappa shape index (κ1) is 50.7. The number of carbonyl (C=O) groups excluding carboxylic acids is 5. The van der Waals surface area contributed by atoms with E-state index in [0.717, 1.165) is 43.2 Å². The minimum atomic E-state index is -1.47. The summed E-state index contributed by atoms with van der Waals surface area (Å²) in [6.45, 7) is 14.4. The zero-order valence-corrected chi connectivity index (χ0v) is 39.0. The summed E-state index contributed by atoms with van der Waals surface area (Å²) in [7, 11) is -0.650. The molecule has 2 aromatic carbocycles. The van der Waals surface area contributed by atoms with Gasteiger partial charge in [0.05, 0.1) is 23.8 Å². The highest BCUT2D eigenvalue weighted by molar-refractivity contribution is 6.47. The van der Waals surface area contributed by atoms with Crippen molar-refractivity contribution in [3.63, 3.8) is 0 Å². The summed E-state index contributed by atoms with van der Waals surface area (Å²) in [4.78, 5) is 68.4. The van der Waals surface area contributed by atoms with Crippen LogP contribution >= 0.6 is 0 Å². The van der Waals surface area contributed by atoms with Crippen LogP contribution < -0.4 is 38.1 Å². The average Bonchev–Trinajstić information content (AvgIpc) is 3.65. The Morgan fingerprint density at radius 2 is 1.31 bits per heavy atom. The fourth-order valence-corrected chi connectivity index (χ4v) is 9.71. The molecule has 4 aliphatic rings. The minimum absolute atomic E-state index is 0.0547. The lowest BCUT2D eigenvalue weighted by Gasteiger charge is -2.64. The molecule has 10 N–H and O–H groups in total. The molecule has 1 heterocycles. The Balaban J connectivity index is 1.18. The highest BCUT2D eigenvalue weighted by Gasteiger charge is 2.68. The van der Waals surface area contributed by atoms with Crippen LogP contribution in [0.15, 0.2) is 48.5 Å². The van der Waals surface area contributed by atoms with Crippen LogP contribution in [0.3, 0.4) is 0 Å². The number of nitrogens with one attached hydrogen (secondary N) is 5. The van der Waals surface area contributed by atoms with E-state index in [-0.39, 0.29) is 30.9 Å². The molecule has 352 valence electrons. The Morgan fingerprint density at radius 1 is 0.734 bits per heavy atom. The number of rotatable bonds is 24. The summed E-state index contributed by atoms with van der Waals surface area (Å²) in [5, 5.41) is 24.5. The smallest absolute Gasteiger partial charge is 0.404 e. The second-order valence-electron chi connectivity index (χ2n) is 19.0. The van der Waals surface area contributed by atoms with Gasteiger partial charge in [-0.3, -0.25) is 24.0 Å². The third-order valence-corrected chi connectivity index (χ3v) is 14.0. The number of amides is 5. The molecular formula is C48H74BN7O8. The molecule has 16 heteroatoms. The molecular weight excluding hydrogens is 813 g/mol. The number of hydrogen-bond acceptors (Lipinski definition) is 10. The zero-order valence-electron chi connectivity index (χ0n) is 39.0. The minimum Gasteiger partial charge on any atom is -0.404 e. The van der Waals surface area contributed by atoms with Crippen molar-refractivity contribution in [3.8, 4) is 11.1 Å². The van der Waals surface area contributed by atoms with Gasteiger partial charge in [0, 0.05) is 5.56 Å². The molecule has 3 saturated carbocycles. The van der Waals surface area contributed by atoms with E-state index in [1.54, 1.807) is 19.1 Å². The number of nitrogens with two attached hydrogens (primary N) is 2. The quantitative estimate of drug-likeness (QED) is 0.0563. The molecule has 10 atom stereocenters. The normalized spacial score (nSPS) is 23.5. The Morgan fingerprint density at radius 3 is 1.91 bits per heavy atom. The van der Waals surface area contributed by atoms with Crippen molar-refractivity contribution in [2.24, 2.45) is 28.7 Å².